The normalized spacial score (nSPS) is 10.7. The van der Waals surface area contributed by atoms with Crippen molar-refractivity contribution in [3.05, 3.63) is 18.3 Å². The van der Waals surface area contributed by atoms with E-state index in [0.29, 0.717) is 11.5 Å². The number of aliphatic hydroxyl groups excluding tert-OH is 1. The first-order valence-electron chi connectivity index (χ1n) is 4.49. The molecule has 0 fully saturated rings. The van der Waals surface area contributed by atoms with Gasteiger partial charge in [-0.25, -0.2) is 13.8 Å². The van der Waals surface area contributed by atoms with Crippen molar-refractivity contribution in [2.45, 2.75) is 6.43 Å². The first-order valence-corrected chi connectivity index (χ1v) is 4.49. The van der Waals surface area contributed by atoms with Gasteiger partial charge in [0.1, 0.15) is 5.82 Å². The molecule has 0 bridgehead atoms. The topological polar surface area (TPSA) is 62.4 Å². The lowest BCUT2D eigenvalue weighted by atomic mass is 10.3. The summed E-state index contributed by atoms with van der Waals surface area (Å²) in [4.78, 5) is 5.22. The minimum Gasteiger partial charge on any atom is -0.397 e. The van der Waals surface area contributed by atoms with E-state index in [1.165, 1.54) is 11.1 Å². The molecule has 0 aliphatic rings. The number of nitrogens with zero attached hydrogens (tertiary/aromatic N) is 2. The first-order chi connectivity index (χ1) is 7.13. The van der Waals surface area contributed by atoms with Gasteiger partial charge in [0.05, 0.1) is 25.0 Å². The van der Waals surface area contributed by atoms with Crippen molar-refractivity contribution in [3.8, 4) is 0 Å². The summed E-state index contributed by atoms with van der Waals surface area (Å²) >= 11 is 0. The summed E-state index contributed by atoms with van der Waals surface area (Å²) in [5.41, 5.74) is 5.90. The maximum Gasteiger partial charge on any atom is 0.255 e. The second kappa shape index (κ2) is 5.45. The molecular weight excluding hydrogens is 204 g/mol. The molecule has 0 atom stereocenters. The van der Waals surface area contributed by atoms with Crippen molar-refractivity contribution in [3.63, 3.8) is 0 Å². The van der Waals surface area contributed by atoms with Crippen LogP contribution in [0.25, 0.3) is 0 Å². The average molecular weight is 217 g/mol. The summed E-state index contributed by atoms with van der Waals surface area (Å²) < 4.78 is 24.4. The van der Waals surface area contributed by atoms with Crippen LogP contribution >= 0.6 is 0 Å². The average Bonchev–Trinajstić information content (AvgIpc) is 2.17. The van der Waals surface area contributed by atoms with E-state index < -0.39 is 13.0 Å². The van der Waals surface area contributed by atoms with Gasteiger partial charge in [-0.2, -0.15) is 0 Å². The molecule has 84 valence electrons. The van der Waals surface area contributed by atoms with Crippen molar-refractivity contribution >= 4 is 11.5 Å². The fraction of sp³-hybridized carbons (Fsp3) is 0.444. The monoisotopic (exact) mass is 217 g/mol. The minimum absolute atomic E-state index is 0.126. The molecule has 1 aromatic heterocycles. The molecule has 4 nitrogen and oxygen atoms in total. The lowest BCUT2D eigenvalue weighted by Gasteiger charge is -2.22. The number of halogens is 2. The minimum atomic E-state index is -2.46. The van der Waals surface area contributed by atoms with Gasteiger partial charge in [0.2, 0.25) is 0 Å². The zero-order valence-electron chi connectivity index (χ0n) is 8.11. The molecule has 6 heteroatoms. The fourth-order valence-corrected chi connectivity index (χ4v) is 1.17. The van der Waals surface area contributed by atoms with Crippen molar-refractivity contribution in [1.82, 2.24) is 4.98 Å². The van der Waals surface area contributed by atoms with Gasteiger partial charge in [-0.15, -0.1) is 0 Å². The van der Waals surface area contributed by atoms with Crippen LogP contribution < -0.4 is 10.6 Å². The van der Waals surface area contributed by atoms with Gasteiger partial charge in [-0.05, 0) is 12.1 Å². The molecule has 0 spiro atoms. The molecule has 0 saturated carbocycles. The smallest absolute Gasteiger partial charge is 0.255 e. The van der Waals surface area contributed by atoms with E-state index in [0.717, 1.165) is 0 Å². The Morgan fingerprint density at radius 1 is 1.47 bits per heavy atom. The molecule has 3 N–H and O–H groups in total. The van der Waals surface area contributed by atoms with E-state index in [-0.39, 0.29) is 13.2 Å². The van der Waals surface area contributed by atoms with Crippen LogP contribution in [0.2, 0.25) is 0 Å². The Kier molecular flexibility index (Phi) is 4.23. The van der Waals surface area contributed by atoms with E-state index in [9.17, 15) is 8.78 Å². The molecular formula is C9H13F2N3O. The zero-order valence-corrected chi connectivity index (χ0v) is 8.11. The van der Waals surface area contributed by atoms with Crippen LogP contribution in [0.4, 0.5) is 20.3 Å². The van der Waals surface area contributed by atoms with Crippen LogP contribution in [0.5, 0.6) is 0 Å². The molecule has 1 heterocycles. The Labute approximate surface area is 86.3 Å². The van der Waals surface area contributed by atoms with E-state index in [1.54, 1.807) is 12.1 Å². The maximum atomic E-state index is 12.2. The van der Waals surface area contributed by atoms with Crippen molar-refractivity contribution < 1.29 is 13.9 Å². The highest BCUT2D eigenvalue weighted by Gasteiger charge is 2.12. The van der Waals surface area contributed by atoms with Gasteiger partial charge in [0, 0.05) is 6.54 Å². The largest absolute Gasteiger partial charge is 0.397 e. The van der Waals surface area contributed by atoms with Crippen molar-refractivity contribution in [1.29, 1.82) is 0 Å². The van der Waals surface area contributed by atoms with Gasteiger partial charge in [-0.3, -0.25) is 0 Å². The Balaban J connectivity index is 2.74. The van der Waals surface area contributed by atoms with E-state index in [1.807, 2.05) is 0 Å². The number of nitrogen functional groups attached to an aromatic ring is 1. The number of aromatic nitrogens is 1. The van der Waals surface area contributed by atoms with E-state index in [4.69, 9.17) is 10.8 Å². The lowest BCUT2D eigenvalue weighted by molar-refractivity contribution is 0.152. The Morgan fingerprint density at radius 3 is 2.67 bits per heavy atom. The fourth-order valence-electron chi connectivity index (χ4n) is 1.17. The second-order valence-electron chi connectivity index (χ2n) is 3.01. The molecule has 0 saturated heterocycles. The Morgan fingerprint density at radius 2 is 2.20 bits per heavy atom. The molecule has 1 rings (SSSR count). The number of nitrogens with two attached hydrogens (primary N) is 1. The van der Waals surface area contributed by atoms with Gasteiger partial charge in [0.25, 0.3) is 6.43 Å². The number of hydrogen-bond donors (Lipinski definition) is 2. The maximum absolute atomic E-state index is 12.2. The Hall–Kier alpha value is -1.43. The van der Waals surface area contributed by atoms with Crippen LogP contribution in [0.3, 0.4) is 0 Å². The number of aliphatic hydroxyl groups is 1. The summed E-state index contributed by atoms with van der Waals surface area (Å²) in [6, 6.07) is 3.13. The SMILES string of the molecule is Nc1ccc(N(CCO)CC(F)F)nc1. The third kappa shape index (κ3) is 3.67. The molecule has 15 heavy (non-hydrogen) atoms. The molecule has 0 amide bonds. The number of pyridine rings is 1. The van der Waals surface area contributed by atoms with Crippen LogP contribution in [0, 0.1) is 0 Å². The quantitative estimate of drug-likeness (QED) is 0.763. The third-order valence-corrected chi connectivity index (χ3v) is 1.82. The zero-order chi connectivity index (χ0) is 11.3. The highest BCUT2D eigenvalue weighted by Crippen LogP contribution is 2.13. The predicted molar refractivity (Wildman–Crippen MR) is 54.0 cm³/mol. The second-order valence-corrected chi connectivity index (χ2v) is 3.01. The molecule has 1 aromatic rings. The molecule has 0 aliphatic carbocycles. The van der Waals surface area contributed by atoms with Crippen LogP contribution in [-0.4, -0.2) is 36.2 Å². The summed E-state index contributed by atoms with van der Waals surface area (Å²) in [6.45, 7) is -0.516. The summed E-state index contributed by atoms with van der Waals surface area (Å²) in [5, 5.41) is 8.73. The predicted octanol–water partition coefficient (Wildman–Crippen LogP) is 0.728. The summed E-state index contributed by atoms with van der Waals surface area (Å²) in [6.07, 6.45) is -1.07. The van der Waals surface area contributed by atoms with Gasteiger partial charge in [0.15, 0.2) is 0 Å². The van der Waals surface area contributed by atoms with Crippen molar-refractivity contribution in [2.24, 2.45) is 0 Å². The van der Waals surface area contributed by atoms with E-state index in [2.05, 4.69) is 4.98 Å². The van der Waals surface area contributed by atoms with Crippen LogP contribution in [0.1, 0.15) is 0 Å². The van der Waals surface area contributed by atoms with Crippen LogP contribution in [0.15, 0.2) is 18.3 Å². The number of hydrogen-bond acceptors (Lipinski definition) is 4. The summed E-state index contributed by atoms with van der Waals surface area (Å²) in [5.74, 6) is 0.388. The lowest BCUT2D eigenvalue weighted by Crippen LogP contribution is -2.32. The van der Waals surface area contributed by atoms with E-state index >= 15 is 0 Å². The van der Waals surface area contributed by atoms with Gasteiger partial charge in [-0.1, -0.05) is 0 Å². The van der Waals surface area contributed by atoms with Gasteiger partial charge >= 0.3 is 0 Å². The molecule has 0 radical (unpaired) electrons. The first kappa shape index (κ1) is 11.6. The number of rotatable bonds is 5. The van der Waals surface area contributed by atoms with Gasteiger partial charge < -0.3 is 15.7 Å². The molecule has 0 aliphatic heterocycles. The number of anilines is 2. The third-order valence-electron chi connectivity index (χ3n) is 1.82. The standard InChI is InChI=1S/C9H13F2N3O/c10-8(11)6-14(3-4-15)9-2-1-7(12)5-13-9/h1-2,5,8,15H,3-4,6,12H2. The van der Waals surface area contributed by atoms with Crippen molar-refractivity contribution in [2.75, 3.05) is 30.3 Å². The Bertz CT molecular complexity index is 292. The molecule has 0 unspecified atom stereocenters. The molecule has 0 aromatic carbocycles. The summed E-state index contributed by atoms with van der Waals surface area (Å²) in [7, 11) is 0. The highest BCUT2D eigenvalue weighted by molar-refractivity contribution is 5.45. The highest BCUT2D eigenvalue weighted by atomic mass is 19.3. The van der Waals surface area contributed by atoms with Crippen LogP contribution in [-0.2, 0) is 0 Å². The number of alkyl halides is 2.